The molecule has 4 heterocycles. The van der Waals surface area contributed by atoms with Gasteiger partial charge < -0.3 is 14.4 Å². The number of nitrogens with zero attached hydrogens (tertiary/aromatic N) is 5. The van der Waals surface area contributed by atoms with Crippen LogP contribution >= 0.6 is 0 Å². The second-order valence-electron chi connectivity index (χ2n) is 6.83. The summed E-state index contributed by atoms with van der Waals surface area (Å²) in [4.78, 5) is 2.60. The molecule has 2 aromatic heterocycles. The Morgan fingerprint density at radius 1 is 1.12 bits per heavy atom. The zero-order valence-electron chi connectivity index (χ0n) is 14.2. The van der Waals surface area contributed by atoms with Crippen LogP contribution in [0.4, 0.5) is 0 Å². The molecule has 2 aliphatic rings. The van der Waals surface area contributed by atoms with Crippen LogP contribution in [0.5, 0.6) is 5.88 Å². The van der Waals surface area contributed by atoms with Crippen LogP contribution in [0.2, 0.25) is 0 Å². The first kappa shape index (κ1) is 15.8. The second kappa shape index (κ2) is 7.03. The number of fused-ring (bicyclic) bond motifs is 1. The average molecular weight is 331 g/mol. The molecule has 4 rings (SSSR count). The summed E-state index contributed by atoms with van der Waals surface area (Å²) in [6.45, 7) is 5.32. The monoisotopic (exact) mass is 331 g/mol. The van der Waals surface area contributed by atoms with Gasteiger partial charge in [-0.15, -0.1) is 15.3 Å². The van der Waals surface area contributed by atoms with Gasteiger partial charge >= 0.3 is 0 Å². The number of rotatable bonds is 4. The van der Waals surface area contributed by atoms with Crippen LogP contribution in [0.15, 0.2) is 12.1 Å². The summed E-state index contributed by atoms with van der Waals surface area (Å²) in [7, 11) is 1.63. The summed E-state index contributed by atoms with van der Waals surface area (Å²) in [6, 6.07) is 3.73. The molecule has 0 saturated carbocycles. The molecule has 0 unspecified atom stereocenters. The number of ether oxygens (including phenoxy) is 2. The van der Waals surface area contributed by atoms with E-state index < -0.39 is 0 Å². The van der Waals surface area contributed by atoms with E-state index in [1.54, 1.807) is 7.11 Å². The highest BCUT2D eigenvalue weighted by Crippen LogP contribution is 2.28. The lowest BCUT2D eigenvalue weighted by Gasteiger charge is -2.34. The predicted molar refractivity (Wildman–Crippen MR) is 89.3 cm³/mol. The molecule has 2 saturated heterocycles. The van der Waals surface area contributed by atoms with E-state index in [1.807, 2.05) is 16.6 Å². The maximum atomic E-state index is 5.46. The van der Waals surface area contributed by atoms with Crippen molar-refractivity contribution in [2.24, 2.45) is 5.92 Å². The molecule has 2 aliphatic heterocycles. The van der Waals surface area contributed by atoms with Crippen molar-refractivity contribution in [2.45, 2.75) is 31.6 Å². The highest BCUT2D eigenvalue weighted by Gasteiger charge is 2.27. The lowest BCUT2D eigenvalue weighted by atomic mass is 9.93. The molecule has 0 spiro atoms. The topological polar surface area (TPSA) is 64.8 Å². The van der Waals surface area contributed by atoms with Gasteiger partial charge in [-0.25, -0.2) is 0 Å². The maximum Gasteiger partial charge on any atom is 0.231 e. The minimum absolute atomic E-state index is 0.422. The molecule has 130 valence electrons. The van der Waals surface area contributed by atoms with Crippen LogP contribution in [-0.4, -0.2) is 64.7 Å². The fourth-order valence-electron chi connectivity index (χ4n) is 3.82. The van der Waals surface area contributed by atoms with Gasteiger partial charge in [0.05, 0.1) is 7.11 Å². The molecular formula is C17H25N5O2. The van der Waals surface area contributed by atoms with Gasteiger partial charge in [0, 0.05) is 31.7 Å². The molecule has 0 aliphatic carbocycles. The van der Waals surface area contributed by atoms with Gasteiger partial charge in [0.2, 0.25) is 5.88 Å². The number of methoxy groups -OCH3 is 1. The fourth-order valence-corrected chi connectivity index (χ4v) is 3.82. The van der Waals surface area contributed by atoms with Gasteiger partial charge in [-0.3, -0.25) is 0 Å². The van der Waals surface area contributed by atoms with Crippen molar-refractivity contribution in [2.75, 3.05) is 40.0 Å². The largest absolute Gasteiger partial charge is 0.480 e. The Morgan fingerprint density at radius 3 is 2.67 bits per heavy atom. The molecule has 0 radical (unpaired) electrons. The molecule has 0 bridgehead atoms. The molecule has 7 heteroatoms. The van der Waals surface area contributed by atoms with Gasteiger partial charge in [-0.1, -0.05) is 0 Å². The zero-order valence-corrected chi connectivity index (χ0v) is 14.2. The van der Waals surface area contributed by atoms with Crippen molar-refractivity contribution in [3.63, 3.8) is 0 Å². The minimum Gasteiger partial charge on any atom is -0.480 e. The Bertz CT molecular complexity index is 675. The van der Waals surface area contributed by atoms with E-state index >= 15 is 0 Å². The summed E-state index contributed by atoms with van der Waals surface area (Å²) in [5, 5.41) is 13.1. The smallest absolute Gasteiger partial charge is 0.231 e. The molecule has 0 atom stereocenters. The van der Waals surface area contributed by atoms with E-state index in [-0.39, 0.29) is 0 Å². The van der Waals surface area contributed by atoms with Crippen molar-refractivity contribution < 1.29 is 9.47 Å². The Kier molecular flexibility index (Phi) is 4.62. The van der Waals surface area contributed by atoms with E-state index in [0.29, 0.717) is 11.8 Å². The third kappa shape index (κ3) is 3.23. The second-order valence-corrected chi connectivity index (χ2v) is 6.83. The number of hydrogen-bond donors (Lipinski definition) is 0. The molecule has 7 nitrogen and oxygen atoms in total. The summed E-state index contributed by atoms with van der Waals surface area (Å²) in [5.74, 6) is 2.79. The minimum atomic E-state index is 0.422. The molecule has 24 heavy (non-hydrogen) atoms. The van der Waals surface area contributed by atoms with Gasteiger partial charge in [0.15, 0.2) is 11.5 Å². The van der Waals surface area contributed by atoms with Crippen molar-refractivity contribution in [3.8, 4) is 5.88 Å². The highest BCUT2D eigenvalue weighted by atomic mass is 16.5. The van der Waals surface area contributed by atoms with Gasteiger partial charge in [0.25, 0.3) is 0 Å². The first-order valence-electron chi connectivity index (χ1n) is 8.90. The van der Waals surface area contributed by atoms with Crippen molar-refractivity contribution in [1.82, 2.24) is 24.7 Å². The van der Waals surface area contributed by atoms with Crippen LogP contribution in [0.25, 0.3) is 5.65 Å². The number of hydrogen-bond acceptors (Lipinski definition) is 6. The molecule has 0 N–H and O–H groups in total. The zero-order chi connectivity index (χ0) is 16.4. The van der Waals surface area contributed by atoms with E-state index in [2.05, 4.69) is 20.2 Å². The first-order chi connectivity index (χ1) is 11.8. The number of aromatic nitrogens is 4. The first-order valence-corrected chi connectivity index (χ1v) is 8.90. The van der Waals surface area contributed by atoms with Crippen LogP contribution in [0.1, 0.15) is 37.4 Å². The molecule has 0 amide bonds. The molecular weight excluding hydrogens is 306 g/mol. The Balaban J connectivity index is 1.40. The average Bonchev–Trinajstić information content (AvgIpc) is 3.06. The Morgan fingerprint density at radius 2 is 1.92 bits per heavy atom. The SMILES string of the molecule is COc1ccc2nnc(C3CCN(CC4CCOCC4)CC3)n2n1. The predicted octanol–water partition coefficient (Wildman–Crippen LogP) is 1.74. The van der Waals surface area contributed by atoms with E-state index in [9.17, 15) is 0 Å². The Hall–Kier alpha value is -1.73. The summed E-state index contributed by atoms with van der Waals surface area (Å²) >= 11 is 0. The van der Waals surface area contributed by atoms with Crippen molar-refractivity contribution in [3.05, 3.63) is 18.0 Å². The fraction of sp³-hybridized carbons (Fsp3) is 0.706. The van der Waals surface area contributed by atoms with E-state index in [4.69, 9.17) is 9.47 Å². The Labute approximate surface area is 141 Å². The van der Waals surface area contributed by atoms with E-state index in [0.717, 1.165) is 56.5 Å². The normalized spacial score (nSPS) is 21.4. The van der Waals surface area contributed by atoms with Crippen molar-refractivity contribution in [1.29, 1.82) is 0 Å². The summed E-state index contributed by atoms with van der Waals surface area (Å²) < 4.78 is 12.5. The highest BCUT2D eigenvalue weighted by molar-refractivity contribution is 5.38. The molecule has 2 aromatic rings. The third-order valence-electron chi connectivity index (χ3n) is 5.28. The maximum absolute atomic E-state index is 5.46. The van der Waals surface area contributed by atoms with Crippen LogP contribution in [0.3, 0.4) is 0 Å². The summed E-state index contributed by atoms with van der Waals surface area (Å²) in [6.07, 6.45) is 4.64. The van der Waals surface area contributed by atoms with Crippen LogP contribution in [-0.2, 0) is 4.74 Å². The standard InChI is InChI=1S/C17H25N5O2/c1-23-16-3-2-15-18-19-17(22(15)20-16)14-4-8-21(9-5-14)12-13-6-10-24-11-7-13/h2-3,13-14H,4-12H2,1H3. The molecule has 0 aromatic carbocycles. The van der Waals surface area contributed by atoms with Gasteiger partial charge in [-0.05, 0) is 50.8 Å². The third-order valence-corrected chi connectivity index (χ3v) is 5.28. The lowest BCUT2D eigenvalue weighted by Crippen LogP contribution is -2.38. The number of piperidine rings is 1. The van der Waals surface area contributed by atoms with Crippen molar-refractivity contribution >= 4 is 5.65 Å². The summed E-state index contributed by atoms with van der Waals surface area (Å²) in [5.41, 5.74) is 0.787. The quantitative estimate of drug-likeness (QED) is 0.850. The number of likely N-dealkylation sites (tertiary alicyclic amines) is 1. The van der Waals surface area contributed by atoms with Gasteiger partial charge in [-0.2, -0.15) is 4.52 Å². The lowest BCUT2D eigenvalue weighted by molar-refractivity contribution is 0.0486. The molecule has 2 fully saturated rings. The van der Waals surface area contributed by atoms with Gasteiger partial charge in [0.1, 0.15) is 0 Å². The van der Waals surface area contributed by atoms with E-state index in [1.165, 1.54) is 19.4 Å². The van der Waals surface area contributed by atoms with Crippen LogP contribution in [0, 0.1) is 5.92 Å². The van der Waals surface area contributed by atoms with Crippen LogP contribution < -0.4 is 4.74 Å².